The summed E-state index contributed by atoms with van der Waals surface area (Å²) in [5, 5.41) is 11.7. The zero-order valence-corrected chi connectivity index (χ0v) is 14.1. The molecule has 124 valence electrons. The fourth-order valence-corrected chi connectivity index (χ4v) is 4.03. The highest BCUT2D eigenvalue weighted by atomic mass is 32.1. The molecule has 3 atom stereocenters. The normalized spacial score (nSPS) is 25.4. The van der Waals surface area contributed by atoms with Crippen LogP contribution in [0.4, 0.5) is 5.13 Å². The van der Waals surface area contributed by atoms with Gasteiger partial charge in [0.05, 0.1) is 11.8 Å². The van der Waals surface area contributed by atoms with Gasteiger partial charge in [-0.05, 0) is 26.2 Å². The second kappa shape index (κ2) is 6.35. The number of aromatic nitrogens is 2. The predicted molar refractivity (Wildman–Crippen MR) is 84.7 cm³/mol. The van der Waals surface area contributed by atoms with Crippen molar-refractivity contribution in [3.8, 4) is 0 Å². The van der Waals surface area contributed by atoms with E-state index in [9.17, 15) is 14.4 Å². The molecule has 1 N–H and O–H groups in total. The molecule has 23 heavy (non-hydrogen) atoms. The molecule has 2 heterocycles. The summed E-state index contributed by atoms with van der Waals surface area (Å²) >= 11 is 1.30. The molecule has 2 unspecified atom stereocenters. The van der Waals surface area contributed by atoms with Crippen LogP contribution in [0, 0.1) is 11.8 Å². The first kappa shape index (κ1) is 16.0. The highest BCUT2D eigenvalue weighted by molar-refractivity contribution is 7.15. The number of carbonyl (C=O) groups excluding carboxylic acids is 3. The molecule has 2 aliphatic rings. The van der Waals surface area contributed by atoms with Gasteiger partial charge < -0.3 is 0 Å². The van der Waals surface area contributed by atoms with Gasteiger partial charge in [0.2, 0.25) is 22.9 Å². The molecule has 1 saturated carbocycles. The molecule has 1 aliphatic carbocycles. The van der Waals surface area contributed by atoms with Crippen molar-refractivity contribution in [2.75, 3.05) is 5.32 Å². The number of carbonyl (C=O) groups is 3. The maximum atomic E-state index is 12.5. The molecule has 3 amide bonds. The Morgan fingerprint density at radius 2 is 1.87 bits per heavy atom. The van der Waals surface area contributed by atoms with Gasteiger partial charge in [-0.25, -0.2) is 0 Å². The summed E-state index contributed by atoms with van der Waals surface area (Å²) in [6.45, 7) is 3.54. The van der Waals surface area contributed by atoms with Crippen molar-refractivity contribution in [3.63, 3.8) is 0 Å². The van der Waals surface area contributed by atoms with Gasteiger partial charge in [-0.1, -0.05) is 31.1 Å². The minimum absolute atomic E-state index is 0.200. The van der Waals surface area contributed by atoms with E-state index in [-0.39, 0.29) is 23.7 Å². The standard InChI is InChI=1S/C15H20N4O3S/c1-3-11-17-18-15(23-11)16-12(20)8(2)19-13(21)9-6-4-5-7-10(9)14(19)22/h8-10H,3-7H2,1-2H3,(H,16,18,20)/t8-,9?,10?/m0/s1. The fourth-order valence-electron chi connectivity index (χ4n) is 3.34. The average Bonchev–Trinajstić information content (AvgIpc) is 3.11. The number of nitrogens with one attached hydrogen (secondary N) is 1. The number of likely N-dealkylation sites (tertiary alicyclic amines) is 1. The van der Waals surface area contributed by atoms with Gasteiger partial charge in [0.1, 0.15) is 11.0 Å². The van der Waals surface area contributed by atoms with Crippen LogP contribution < -0.4 is 5.32 Å². The van der Waals surface area contributed by atoms with Gasteiger partial charge >= 0.3 is 0 Å². The van der Waals surface area contributed by atoms with Gasteiger partial charge in [-0.3, -0.25) is 24.6 Å². The number of anilines is 1. The Morgan fingerprint density at radius 3 is 2.39 bits per heavy atom. The summed E-state index contributed by atoms with van der Waals surface area (Å²) in [5.41, 5.74) is 0. The van der Waals surface area contributed by atoms with Crippen LogP contribution in [0.25, 0.3) is 0 Å². The lowest BCUT2D eigenvalue weighted by Gasteiger charge is -2.21. The van der Waals surface area contributed by atoms with Crippen LogP contribution in [0.2, 0.25) is 0 Å². The molecular formula is C15H20N4O3S. The highest BCUT2D eigenvalue weighted by Gasteiger charge is 2.50. The monoisotopic (exact) mass is 336 g/mol. The fraction of sp³-hybridized carbons (Fsp3) is 0.667. The molecule has 2 fully saturated rings. The van der Waals surface area contributed by atoms with Crippen molar-refractivity contribution in [1.82, 2.24) is 15.1 Å². The third-order valence-corrected chi connectivity index (χ3v) is 5.62. The third kappa shape index (κ3) is 2.87. The summed E-state index contributed by atoms with van der Waals surface area (Å²) in [7, 11) is 0. The number of rotatable bonds is 4. The van der Waals surface area contributed by atoms with Crippen molar-refractivity contribution in [2.24, 2.45) is 11.8 Å². The van der Waals surface area contributed by atoms with Crippen LogP contribution in [-0.2, 0) is 20.8 Å². The summed E-state index contributed by atoms with van der Waals surface area (Å²) in [4.78, 5) is 38.5. The van der Waals surface area contributed by atoms with Crippen LogP contribution in [0.1, 0.15) is 44.5 Å². The number of hydrogen-bond acceptors (Lipinski definition) is 6. The largest absolute Gasteiger partial charge is 0.299 e. The SMILES string of the molecule is CCc1nnc(NC(=O)[C@H](C)N2C(=O)C3CCCCC3C2=O)s1. The Balaban J connectivity index is 1.71. The lowest BCUT2D eigenvalue weighted by Crippen LogP contribution is -2.46. The molecule has 1 aromatic heterocycles. The zero-order valence-electron chi connectivity index (χ0n) is 13.2. The van der Waals surface area contributed by atoms with E-state index in [1.54, 1.807) is 6.92 Å². The Kier molecular flexibility index (Phi) is 4.43. The maximum Gasteiger partial charge on any atom is 0.249 e. The van der Waals surface area contributed by atoms with Crippen molar-refractivity contribution in [3.05, 3.63) is 5.01 Å². The van der Waals surface area contributed by atoms with E-state index in [1.165, 1.54) is 11.3 Å². The van der Waals surface area contributed by atoms with Crippen molar-refractivity contribution in [1.29, 1.82) is 0 Å². The van der Waals surface area contributed by atoms with Crippen LogP contribution in [-0.4, -0.2) is 38.9 Å². The predicted octanol–water partition coefficient (Wildman–Crippen LogP) is 1.60. The second-order valence-corrected chi connectivity index (χ2v) is 7.13. The first-order valence-electron chi connectivity index (χ1n) is 8.03. The van der Waals surface area contributed by atoms with Crippen LogP contribution >= 0.6 is 11.3 Å². The summed E-state index contributed by atoms with van der Waals surface area (Å²) in [6.07, 6.45) is 4.18. The first-order valence-corrected chi connectivity index (χ1v) is 8.84. The number of fused-ring (bicyclic) bond motifs is 1. The van der Waals surface area contributed by atoms with E-state index in [0.717, 1.165) is 42.0 Å². The van der Waals surface area contributed by atoms with Gasteiger partial charge in [-0.2, -0.15) is 0 Å². The molecule has 1 aromatic rings. The Bertz CT molecular complexity index is 620. The Morgan fingerprint density at radius 1 is 1.26 bits per heavy atom. The van der Waals surface area contributed by atoms with E-state index in [1.807, 2.05) is 6.92 Å². The molecule has 7 nitrogen and oxygen atoms in total. The van der Waals surface area contributed by atoms with Crippen molar-refractivity contribution >= 4 is 34.2 Å². The molecule has 0 radical (unpaired) electrons. The number of amides is 3. The summed E-state index contributed by atoms with van der Waals surface area (Å²) in [6, 6.07) is -0.824. The maximum absolute atomic E-state index is 12.5. The average molecular weight is 336 g/mol. The molecule has 8 heteroatoms. The molecule has 0 aromatic carbocycles. The molecule has 0 bridgehead atoms. The Hall–Kier alpha value is -1.83. The molecule has 1 aliphatic heterocycles. The first-order chi connectivity index (χ1) is 11.0. The molecule has 1 saturated heterocycles. The van der Waals surface area contributed by atoms with Crippen molar-refractivity contribution in [2.45, 2.75) is 52.0 Å². The van der Waals surface area contributed by atoms with E-state index < -0.39 is 11.9 Å². The molecule has 3 rings (SSSR count). The second-order valence-electron chi connectivity index (χ2n) is 6.06. The number of nitrogens with zero attached hydrogens (tertiary/aromatic N) is 3. The highest BCUT2D eigenvalue weighted by Crippen LogP contribution is 2.38. The lowest BCUT2D eigenvalue weighted by molar-refractivity contribution is -0.146. The smallest absolute Gasteiger partial charge is 0.249 e. The van der Waals surface area contributed by atoms with Gasteiger partial charge in [0.25, 0.3) is 0 Å². The van der Waals surface area contributed by atoms with Crippen LogP contribution in [0.5, 0.6) is 0 Å². The zero-order chi connectivity index (χ0) is 16.6. The number of imide groups is 1. The molecule has 0 spiro atoms. The lowest BCUT2D eigenvalue weighted by atomic mass is 9.81. The minimum atomic E-state index is -0.824. The quantitative estimate of drug-likeness (QED) is 0.843. The van der Waals surface area contributed by atoms with Gasteiger partial charge in [0.15, 0.2) is 0 Å². The van der Waals surface area contributed by atoms with Gasteiger partial charge in [-0.15, -0.1) is 10.2 Å². The van der Waals surface area contributed by atoms with Crippen molar-refractivity contribution < 1.29 is 14.4 Å². The van der Waals surface area contributed by atoms with E-state index >= 15 is 0 Å². The van der Waals surface area contributed by atoms with E-state index in [2.05, 4.69) is 15.5 Å². The molecular weight excluding hydrogens is 316 g/mol. The van der Waals surface area contributed by atoms with Crippen LogP contribution in [0.15, 0.2) is 0 Å². The van der Waals surface area contributed by atoms with E-state index in [0.29, 0.717) is 5.13 Å². The number of aryl methyl sites for hydroxylation is 1. The number of hydrogen-bond donors (Lipinski definition) is 1. The van der Waals surface area contributed by atoms with E-state index in [4.69, 9.17) is 0 Å². The van der Waals surface area contributed by atoms with Crippen LogP contribution in [0.3, 0.4) is 0 Å². The minimum Gasteiger partial charge on any atom is -0.299 e. The summed E-state index contributed by atoms with van der Waals surface area (Å²) in [5.74, 6) is -1.27. The summed E-state index contributed by atoms with van der Waals surface area (Å²) < 4.78 is 0. The van der Waals surface area contributed by atoms with Gasteiger partial charge in [0, 0.05) is 0 Å². The Labute approximate surface area is 138 Å². The topological polar surface area (TPSA) is 92.3 Å². The third-order valence-electron chi connectivity index (χ3n) is 4.64.